The van der Waals surface area contributed by atoms with Crippen LogP contribution in [-0.4, -0.2) is 15.0 Å². The van der Waals surface area contributed by atoms with Gasteiger partial charge in [0.05, 0.1) is 22.6 Å². The number of pyridine rings is 1. The van der Waals surface area contributed by atoms with E-state index in [2.05, 4.69) is 218 Å². The minimum absolute atomic E-state index is 0.692. The van der Waals surface area contributed by atoms with E-state index >= 15 is 0 Å². The maximum absolute atomic E-state index is 5.21. The molecule has 11 aromatic rings. The summed E-state index contributed by atoms with van der Waals surface area (Å²) in [6, 6.07) is 83.5. The zero-order valence-corrected chi connectivity index (χ0v) is 33.9. The van der Waals surface area contributed by atoms with Crippen LogP contribution < -0.4 is 0 Å². The molecular formula is C59H39N3. The van der Waals surface area contributed by atoms with Gasteiger partial charge in [-0.15, -0.1) is 0 Å². The summed E-state index contributed by atoms with van der Waals surface area (Å²) < 4.78 is 0. The zero-order valence-electron chi connectivity index (χ0n) is 33.9. The Morgan fingerprint density at radius 3 is 1.27 bits per heavy atom. The van der Waals surface area contributed by atoms with Crippen LogP contribution in [0.25, 0.3) is 111 Å². The number of benzene rings is 9. The molecule has 290 valence electrons. The Kier molecular flexibility index (Phi) is 9.53. The van der Waals surface area contributed by atoms with Crippen molar-refractivity contribution in [1.29, 1.82) is 0 Å². The summed E-state index contributed by atoms with van der Waals surface area (Å²) >= 11 is 0. The second-order valence-corrected chi connectivity index (χ2v) is 15.6. The van der Waals surface area contributed by atoms with Crippen LogP contribution in [0.5, 0.6) is 0 Å². The third kappa shape index (κ3) is 7.12. The molecule has 0 saturated carbocycles. The summed E-state index contributed by atoms with van der Waals surface area (Å²) in [6.07, 6.45) is 0. The van der Waals surface area contributed by atoms with Gasteiger partial charge < -0.3 is 0 Å². The van der Waals surface area contributed by atoms with E-state index in [4.69, 9.17) is 15.0 Å². The number of aromatic nitrogens is 3. The van der Waals surface area contributed by atoms with Crippen molar-refractivity contribution in [2.75, 3.05) is 0 Å². The number of nitrogens with zero attached hydrogens (tertiary/aromatic N) is 3. The molecule has 0 spiro atoms. The fourth-order valence-electron chi connectivity index (χ4n) is 8.56. The maximum atomic E-state index is 5.21. The smallest absolute Gasteiger partial charge is 0.160 e. The Morgan fingerprint density at radius 2 is 0.677 bits per heavy atom. The molecule has 0 aliphatic rings. The van der Waals surface area contributed by atoms with E-state index in [9.17, 15) is 0 Å². The molecule has 2 heterocycles. The average molecular weight is 790 g/mol. The molecule has 0 N–H and O–H groups in total. The molecule has 0 unspecified atom stereocenters. The van der Waals surface area contributed by atoms with Gasteiger partial charge in [0.2, 0.25) is 0 Å². The summed E-state index contributed by atoms with van der Waals surface area (Å²) in [5.74, 6) is 0.692. The molecule has 0 aliphatic heterocycles. The van der Waals surface area contributed by atoms with Crippen LogP contribution in [0.1, 0.15) is 0 Å². The van der Waals surface area contributed by atoms with E-state index in [0.29, 0.717) is 5.82 Å². The molecule has 0 aliphatic carbocycles. The molecule has 0 amide bonds. The first-order valence-electron chi connectivity index (χ1n) is 21.0. The van der Waals surface area contributed by atoms with Crippen molar-refractivity contribution in [2.45, 2.75) is 0 Å². The molecular weight excluding hydrogens is 751 g/mol. The molecule has 0 radical (unpaired) electrons. The fraction of sp³-hybridized carbons (Fsp3) is 0. The Balaban J connectivity index is 0.966. The summed E-state index contributed by atoms with van der Waals surface area (Å²) in [6.45, 7) is 0. The van der Waals surface area contributed by atoms with Crippen molar-refractivity contribution >= 4 is 21.7 Å². The molecule has 0 fully saturated rings. The van der Waals surface area contributed by atoms with Gasteiger partial charge >= 0.3 is 0 Å². The number of hydrogen-bond donors (Lipinski definition) is 0. The van der Waals surface area contributed by atoms with E-state index in [0.717, 1.165) is 89.0 Å². The highest BCUT2D eigenvalue weighted by Crippen LogP contribution is 2.40. The Morgan fingerprint density at radius 1 is 0.242 bits per heavy atom. The van der Waals surface area contributed by atoms with E-state index < -0.39 is 0 Å². The van der Waals surface area contributed by atoms with Gasteiger partial charge in [0.1, 0.15) is 0 Å². The van der Waals surface area contributed by atoms with Gasteiger partial charge in [-0.3, -0.25) is 0 Å². The van der Waals surface area contributed by atoms with Crippen LogP contribution in [0.3, 0.4) is 0 Å². The monoisotopic (exact) mass is 789 g/mol. The predicted molar refractivity (Wildman–Crippen MR) is 258 cm³/mol. The third-order valence-electron chi connectivity index (χ3n) is 11.7. The van der Waals surface area contributed by atoms with Crippen LogP contribution in [0, 0.1) is 0 Å². The van der Waals surface area contributed by atoms with Gasteiger partial charge in [0, 0.05) is 38.4 Å². The lowest BCUT2D eigenvalue weighted by atomic mass is 9.92. The van der Waals surface area contributed by atoms with Gasteiger partial charge in [-0.05, 0) is 74.8 Å². The maximum Gasteiger partial charge on any atom is 0.160 e. The summed E-state index contributed by atoms with van der Waals surface area (Å²) in [4.78, 5) is 15.5. The highest BCUT2D eigenvalue weighted by Gasteiger charge is 2.16. The third-order valence-corrected chi connectivity index (χ3v) is 11.7. The van der Waals surface area contributed by atoms with E-state index in [1.807, 2.05) is 18.2 Å². The average Bonchev–Trinajstić information content (AvgIpc) is 3.37. The molecule has 0 saturated heterocycles. The molecule has 9 aromatic carbocycles. The quantitative estimate of drug-likeness (QED) is 0.144. The molecule has 0 bridgehead atoms. The molecule has 3 nitrogen and oxygen atoms in total. The Bertz CT molecular complexity index is 3290. The lowest BCUT2D eigenvalue weighted by molar-refractivity contribution is 1.18. The first-order valence-corrected chi connectivity index (χ1v) is 21.0. The van der Waals surface area contributed by atoms with Crippen LogP contribution in [0.15, 0.2) is 237 Å². The number of fused-ring (bicyclic) bond motifs is 3. The van der Waals surface area contributed by atoms with Crippen LogP contribution in [0.2, 0.25) is 0 Å². The van der Waals surface area contributed by atoms with Crippen molar-refractivity contribution in [2.24, 2.45) is 0 Å². The van der Waals surface area contributed by atoms with Crippen molar-refractivity contribution in [3.63, 3.8) is 0 Å². The van der Waals surface area contributed by atoms with E-state index in [-0.39, 0.29) is 0 Å². The van der Waals surface area contributed by atoms with Crippen molar-refractivity contribution in [3.8, 4) is 89.7 Å². The molecule has 0 atom stereocenters. The van der Waals surface area contributed by atoms with Crippen molar-refractivity contribution < 1.29 is 0 Å². The molecule has 11 rings (SSSR count). The van der Waals surface area contributed by atoms with Crippen molar-refractivity contribution in [1.82, 2.24) is 15.0 Å². The Hall–Kier alpha value is -8.27. The number of hydrogen-bond acceptors (Lipinski definition) is 3. The van der Waals surface area contributed by atoms with Gasteiger partial charge in [0.15, 0.2) is 5.82 Å². The van der Waals surface area contributed by atoms with E-state index in [1.165, 1.54) is 16.5 Å². The molecule has 62 heavy (non-hydrogen) atoms. The molecule has 2 aromatic heterocycles. The predicted octanol–water partition coefficient (Wildman–Crippen LogP) is 15.5. The topological polar surface area (TPSA) is 38.7 Å². The summed E-state index contributed by atoms with van der Waals surface area (Å²) in [7, 11) is 0. The first-order chi connectivity index (χ1) is 30.7. The summed E-state index contributed by atoms with van der Waals surface area (Å²) in [5, 5.41) is 3.52. The summed E-state index contributed by atoms with van der Waals surface area (Å²) in [5.41, 5.74) is 17.1. The van der Waals surface area contributed by atoms with Gasteiger partial charge in [0.25, 0.3) is 0 Å². The highest BCUT2D eigenvalue weighted by atomic mass is 14.9. The highest BCUT2D eigenvalue weighted by molar-refractivity contribution is 6.17. The minimum Gasteiger partial charge on any atom is -0.247 e. The Labute approximate surface area is 361 Å². The molecule has 3 heteroatoms. The van der Waals surface area contributed by atoms with Gasteiger partial charge in [-0.1, -0.05) is 206 Å². The number of para-hydroxylation sites is 1. The fourth-order valence-corrected chi connectivity index (χ4v) is 8.56. The largest absolute Gasteiger partial charge is 0.247 e. The number of rotatable bonds is 8. The van der Waals surface area contributed by atoms with Crippen LogP contribution in [0.4, 0.5) is 0 Å². The van der Waals surface area contributed by atoms with Crippen molar-refractivity contribution in [3.05, 3.63) is 237 Å². The second kappa shape index (κ2) is 16.1. The van der Waals surface area contributed by atoms with Gasteiger partial charge in [-0.25, -0.2) is 15.0 Å². The van der Waals surface area contributed by atoms with Crippen LogP contribution >= 0.6 is 0 Å². The van der Waals surface area contributed by atoms with Gasteiger partial charge in [-0.2, -0.15) is 0 Å². The normalized spacial score (nSPS) is 11.2. The standard InChI is InChI=1S/C59H39N3/c1-5-16-40(17-6-1)48-36-49(41-18-7-2-8-19-41)38-50(37-48)56-39-55(61-59(62-56)47-22-11-4-12-23-47)45-34-30-43(31-35-45)42-28-32-44(33-29-42)51-25-15-26-53-57(51)52-24-13-14-27-54(52)60-58(53)46-20-9-3-10-21-46/h1-39H. The van der Waals surface area contributed by atoms with Crippen LogP contribution in [-0.2, 0) is 0 Å². The van der Waals surface area contributed by atoms with E-state index in [1.54, 1.807) is 0 Å². The first kappa shape index (κ1) is 36.8. The lowest BCUT2D eigenvalue weighted by Crippen LogP contribution is -1.96. The second-order valence-electron chi connectivity index (χ2n) is 15.6. The SMILES string of the molecule is c1ccc(-c2cc(-c3ccccc3)cc(-c3cc(-c4ccc(-c5ccc(-c6cccc7c(-c8ccccc8)nc8ccccc8c67)cc5)cc4)nc(-c4ccccc4)n3)c2)cc1. The minimum atomic E-state index is 0.692. The lowest BCUT2D eigenvalue weighted by Gasteiger charge is -2.14. The zero-order chi connectivity index (χ0) is 41.2.